The SMILES string of the molecule is CCCCCCCNC(=O)CCC(=O)NCc1ccccc1. The highest BCUT2D eigenvalue weighted by molar-refractivity contribution is 5.83. The Balaban J connectivity index is 2.02. The van der Waals surface area contributed by atoms with Gasteiger partial charge in [0.15, 0.2) is 0 Å². The molecule has 1 aromatic rings. The van der Waals surface area contributed by atoms with Gasteiger partial charge in [0.25, 0.3) is 0 Å². The lowest BCUT2D eigenvalue weighted by Crippen LogP contribution is -2.28. The third kappa shape index (κ3) is 9.16. The molecule has 122 valence electrons. The van der Waals surface area contributed by atoms with Crippen LogP contribution in [0.25, 0.3) is 0 Å². The first kappa shape index (κ1) is 18.2. The molecule has 0 spiro atoms. The molecule has 2 amide bonds. The highest BCUT2D eigenvalue weighted by Gasteiger charge is 2.06. The predicted octanol–water partition coefficient (Wildman–Crippen LogP) is 3.17. The van der Waals surface area contributed by atoms with Gasteiger partial charge in [-0.1, -0.05) is 62.9 Å². The van der Waals surface area contributed by atoms with Gasteiger partial charge in [0.05, 0.1) is 0 Å². The molecule has 0 unspecified atom stereocenters. The minimum absolute atomic E-state index is 0.0367. The largest absolute Gasteiger partial charge is 0.356 e. The standard InChI is InChI=1S/C18H28N2O2/c1-2-3-4-5-9-14-19-17(21)12-13-18(22)20-15-16-10-7-6-8-11-16/h6-8,10-11H,2-5,9,12-15H2,1H3,(H,19,21)(H,20,22). The fourth-order valence-corrected chi connectivity index (χ4v) is 2.16. The van der Waals surface area contributed by atoms with Crippen LogP contribution in [0.3, 0.4) is 0 Å². The van der Waals surface area contributed by atoms with E-state index >= 15 is 0 Å². The zero-order valence-electron chi connectivity index (χ0n) is 13.6. The Kier molecular flexibility index (Phi) is 9.75. The minimum atomic E-state index is -0.0815. The molecular formula is C18H28N2O2. The Bertz CT molecular complexity index is 432. The molecule has 0 fully saturated rings. The van der Waals surface area contributed by atoms with E-state index in [4.69, 9.17) is 0 Å². The molecule has 0 saturated carbocycles. The second kappa shape index (κ2) is 11.8. The molecule has 0 heterocycles. The Morgan fingerprint density at radius 2 is 1.50 bits per heavy atom. The number of nitrogens with one attached hydrogen (secondary N) is 2. The van der Waals surface area contributed by atoms with Gasteiger partial charge in [-0.15, -0.1) is 0 Å². The number of rotatable bonds is 11. The van der Waals surface area contributed by atoms with Crippen LogP contribution in [0.1, 0.15) is 57.4 Å². The smallest absolute Gasteiger partial charge is 0.220 e. The van der Waals surface area contributed by atoms with E-state index in [9.17, 15) is 9.59 Å². The average molecular weight is 304 g/mol. The highest BCUT2D eigenvalue weighted by atomic mass is 16.2. The number of benzene rings is 1. The summed E-state index contributed by atoms with van der Waals surface area (Å²) in [6, 6.07) is 9.75. The molecule has 1 rings (SSSR count). The molecule has 0 bridgehead atoms. The van der Waals surface area contributed by atoms with Crippen molar-refractivity contribution in [3.05, 3.63) is 35.9 Å². The molecule has 0 aliphatic heterocycles. The van der Waals surface area contributed by atoms with Gasteiger partial charge in [0, 0.05) is 25.9 Å². The Labute approximate surface area is 133 Å². The molecule has 0 radical (unpaired) electrons. The Morgan fingerprint density at radius 3 is 2.18 bits per heavy atom. The lowest BCUT2D eigenvalue weighted by molar-refractivity contribution is -0.126. The number of carbonyl (C=O) groups excluding carboxylic acids is 2. The predicted molar refractivity (Wildman–Crippen MR) is 89.3 cm³/mol. The van der Waals surface area contributed by atoms with Crippen LogP contribution in [0.5, 0.6) is 0 Å². The van der Waals surface area contributed by atoms with Gasteiger partial charge in [-0.25, -0.2) is 0 Å². The molecule has 0 aromatic heterocycles. The van der Waals surface area contributed by atoms with Gasteiger partial charge in [-0.2, -0.15) is 0 Å². The van der Waals surface area contributed by atoms with E-state index in [0.29, 0.717) is 13.1 Å². The van der Waals surface area contributed by atoms with Gasteiger partial charge in [-0.3, -0.25) is 9.59 Å². The van der Waals surface area contributed by atoms with Gasteiger partial charge in [0.2, 0.25) is 11.8 Å². The molecule has 0 saturated heterocycles. The van der Waals surface area contributed by atoms with E-state index in [2.05, 4.69) is 17.6 Å². The van der Waals surface area contributed by atoms with Crippen LogP contribution in [0.4, 0.5) is 0 Å². The van der Waals surface area contributed by atoms with Crippen molar-refractivity contribution < 1.29 is 9.59 Å². The van der Waals surface area contributed by atoms with Crippen molar-refractivity contribution in [1.82, 2.24) is 10.6 Å². The van der Waals surface area contributed by atoms with E-state index in [1.54, 1.807) is 0 Å². The number of carbonyl (C=O) groups is 2. The normalized spacial score (nSPS) is 10.2. The molecule has 0 atom stereocenters. The maximum absolute atomic E-state index is 11.7. The minimum Gasteiger partial charge on any atom is -0.356 e. The van der Waals surface area contributed by atoms with Gasteiger partial charge in [-0.05, 0) is 12.0 Å². The summed E-state index contributed by atoms with van der Waals surface area (Å²) in [6.07, 6.45) is 6.40. The molecule has 0 aliphatic carbocycles. The van der Waals surface area contributed by atoms with Crippen LogP contribution < -0.4 is 10.6 Å². The molecule has 22 heavy (non-hydrogen) atoms. The first-order chi connectivity index (χ1) is 10.7. The van der Waals surface area contributed by atoms with Crippen molar-refractivity contribution in [1.29, 1.82) is 0 Å². The van der Waals surface area contributed by atoms with E-state index in [0.717, 1.165) is 18.4 Å². The second-order valence-corrected chi connectivity index (χ2v) is 5.53. The number of hydrogen-bond acceptors (Lipinski definition) is 2. The topological polar surface area (TPSA) is 58.2 Å². The Hall–Kier alpha value is -1.84. The van der Waals surface area contributed by atoms with Crippen molar-refractivity contribution in [2.24, 2.45) is 0 Å². The van der Waals surface area contributed by atoms with Crippen LogP contribution >= 0.6 is 0 Å². The fraction of sp³-hybridized carbons (Fsp3) is 0.556. The summed E-state index contributed by atoms with van der Waals surface area (Å²) >= 11 is 0. The second-order valence-electron chi connectivity index (χ2n) is 5.53. The van der Waals surface area contributed by atoms with E-state index in [-0.39, 0.29) is 24.7 Å². The van der Waals surface area contributed by atoms with Crippen LogP contribution in [-0.4, -0.2) is 18.4 Å². The van der Waals surface area contributed by atoms with Crippen molar-refractivity contribution in [2.45, 2.75) is 58.4 Å². The molecule has 1 aromatic carbocycles. The van der Waals surface area contributed by atoms with Gasteiger partial charge < -0.3 is 10.6 Å². The zero-order chi connectivity index (χ0) is 16.0. The quantitative estimate of drug-likeness (QED) is 0.617. The van der Waals surface area contributed by atoms with E-state index < -0.39 is 0 Å². The summed E-state index contributed by atoms with van der Waals surface area (Å²) in [7, 11) is 0. The van der Waals surface area contributed by atoms with Crippen LogP contribution in [-0.2, 0) is 16.1 Å². The Morgan fingerprint density at radius 1 is 0.864 bits per heavy atom. The number of hydrogen-bond donors (Lipinski definition) is 2. The summed E-state index contributed by atoms with van der Waals surface area (Å²) in [6.45, 7) is 3.41. The van der Waals surface area contributed by atoms with Crippen molar-refractivity contribution >= 4 is 11.8 Å². The van der Waals surface area contributed by atoms with Crippen LogP contribution in [0.15, 0.2) is 30.3 Å². The monoisotopic (exact) mass is 304 g/mol. The lowest BCUT2D eigenvalue weighted by Gasteiger charge is -2.06. The molecule has 2 N–H and O–H groups in total. The number of amides is 2. The third-order valence-corrected chi connectivity index (χ3v) is 3.51. The summed E-state index contributed by atoms with van der Waals surface area (Å²) in [4.78, 5) is 23.3. The zero-order valence-corrected chi connectivity index (χ0v) is 13.6. The highest BCUT2D eigenvalue weighted by Crippen LogP contribution is 2.01. The lowest BCUT2D eigenvalue weighted by atomic mass is 10.1. The first-order valence-corrected chi connectivity index (χ1v) is 8.29. The van der Waals surface area contributed by atoms with Crippen molar-refractivity contribution in [3.63, 3.8) is 0 Å². The number of unbranched alkanes of at least 4 members (excludes halogenated alkanes) is 4. The fourth-order valence-electron chi connectivity index (χ4n) is 2.16. The molecule has 0 aliphatic rings. The van der Waals surface area contributed by atoms with Crippen LogP contribution in [0, 0.1) is 0 Å². The maximum atomic E-state index is 11.7. The molecule has 4 heteroatoms. The van der Waals surface area contributed by atoms with E-state index in [1.807, 2.05) is 30.3 Å². The summed E-state index contributed by atoms with van der Waals surface area (Å²) < 4.78 is 0. The van der Waals surface area contributed by atoms with Crippen molar-refractivity contribution in [2.75, 3.05) is 6.54 Å². The molecular weight excluding hydrogens is 276 g/mol. The maximum Gasteiger partial charge on any atom is 0.220 e. The summed E-state index contributed by atoms with van der Waals surface area (Å²) in [5.41, 5.74) is 1.06. The summed E-state index contributed by atoms with van der Waals surface area (Å²) in [5.74, 6) is -0.118. The van der Waals surface area contributed by atoms with Gasteiger partial charge >= 0.3 is 0 Å². The van der Waals surface area contributed by atoms with Crippen LogP contribution in [0.2, 0.25) is 0 Å². The molecule has 4 nitrogen and oxygen atoms in total. The van der Waals surface area contributed by atoms with E-state index in [1.165, 1.54) is 19.3 Å². The third-order valence-electron chi connectivity index (χ3n) is 3.51. The first-order valence-electron chi connectivity index (χ1n) is 8.29. The van der Waals surface area contributed by atoms with Gasteiger partial charge in [0.1, 0.15) is 0 Å². The van der Waals surface area contributed by atoms with Crippen molar-refractivity contribution in [3.8, 4) is 0 Å². The summed E-state index contributed by atoms with van der Waals surface area (Å²) in [5, 5.41) is 5.70. The average Bonchev–Trinajstić information content (AvgIpc) is 2.55.